The van der Waals surface area contributed by atoms with Gasteiger partial charge in [-0.15, -0.1) is 11.3 Å². The molecule has 0 saturated heterocycles. The average Bonchev–Trinajstić information content (AvgIpc) is 2.85. The number of aryl methyl sites for hydroxylation is 1. The van der Waals surface area contributed by atoms with Crippen LogP contribution in [0.3, 0.4) is 0 Å². The van der Waals surface area contributed by atoms with Gasteiger partial charge in [0, 0.05) is 16.4 Å². The Bertz CT molecular complexity index is 733. The average molecular weight is 365 g/mol. The van der Waals surface area contributed by atoms with E-state index in [0.717, 1.165) is 11.3 Å². The van der Waals surface area contributed by atoms with Crippen LogP contribution in [0.4, 0.5) is 5.69 Å². The van der Waals surface area contributed by atoms with E-state index < -0.39 is 16.0 Å². The van der Waals surface area contributed by atoms with E-state index >= 15 is 0 Å². The molecule has 0 amide bonds. The highest BCUT2D eigenvalue weighted by Gasteiger charge is 2.23. The van der Waals surface area contributed by atoms with Crippen molar-refractivity contribution in [3.8, 4) is 0 Å². The SMILES string of the molecule is Cc1[nH]cc(NS(=O)(=O)c2sccc2Br)c1C(=O)O. The van der Waals surface area contributed by atoms with Gasteiger partial charge in [-0.1, -0.05) is 0 Å². The molecule has 0 aromatic carbocycles. The molecule has 2 aromatic rings. The Morgan fingerprint density at radius 2 is 2.21 bits per heavy atom. The Balaban J connectivity index is 2.42. The van der Waals surface area contributed by atoms with Crippen LogP contribution in [-0.4, -0.2) is 24.5 Å². The fourth-order valence-electron chi connectivity index (χ4n) is 1.55. The highest BCUT2D eigenvalue weighted by atomic mass is 79.9. The van der Waals surface area contributed by atoms with Crippen LogP contribution in [0.2, 0.25) is 0 Å². The Hall–Kier alpha value is -1.32. The fraction of sp³-hybridized carbons (Fsp3) is 0.100. The number of anilines is 1. The minimum atomic E-state index is -3.81. The van der Waals surface area contributed by atoms with Gasteiger partial charge in [0.2, 0.25) is 0 Å². The third-order valence-corrected chi connectivity index (χ3v) is 6.40. The number of H-pyrrole nitrogens is 1. The quantitative estimate of drug-likeness (QED) is 0.776. The maximum Gasteiger partial charge on any atom is 0.339 e. The van der Waals surface area contributed by atoms with Crippen molar-refractivity contribution >= 4 is 48.9 Å². The van der Waals surface area contributed by atoms with Crippen molar-refractivity contribution in [2.24, 2.45) is 0 Å². The number of aromatic carboxylic acids is 1. The van der Waals surface area contributed by atoms with Gasteiger partial charge in [0.1, 0.15) is 5.56 Å². The summed E-state index contributed by atoms with van der Waals surface area (Å²) in [6.45, 7) is 1.56. The van der Waals surface area contributed by atoms with E-state index in [1.165, 1.54) is 6.20 Å². The van der Waals surface area contributed by atoms with Gasteiger partial charge in [-0.05, 0) is 34.3 Å². The first-order chi connectivity index (χ1) is 8.83. The molecule has 3 N–H and O–H groups in total. The van der Waals surface area contributed by atoms with Gasteiger partial charge in [-0.3, -0.25) is 4.72 Å². The third-order valence-electron chi connectivity index (χ3n) is 2.36. The lowest BCUT2D eigenvalue weighted by molar-refractivity contribution is 0.0697. The standard InChI is InChI=1S/C10H9BrN2O4S2/c1-5-8(9(14)15)7(4-12-5)13-19(16,17)10-6(11)2-3-18-10/h2-4,12-13H,1H3,(H,14,15). The molecule has 6 nitrogen and oxygen atoms in total. The molecule has 0 aliphatic rings. The van der Waals surface area contributed by atoms with Crippen LogP contribution in [0.1, 0.15) is 16.1 Å². The predicted octanol–water partition coefficient (Wildman–Crippen LogP) is 2.65. The summed E-state index contributed by atoms with van der Waals surface area (Å²) >= 11 is 4.18. The number of carbonyl (C=O) groups is 1. The van der Waals surface area contributed by atoms with Crippen molar-refractivity contribution in [3.05, 3.63) is 33.4 Å². The molecule has 0 bridgehead atoms. The van der Waals surface area contributed by atoms with Crippen molar-refractivity contribution in [1.82, 2.24) is 4.98 Å². The maximum absolute atomic E-state index is 12.1. The minimum absolute atomic E-state index is 0.0188. The summed E-state index contributed by atoms with van der Waals surface area (Å²) in [6, 6.07) is 1.61. The number of sulfonamides is 1. The summed E-state index contributed by atoms with van der Waals surface area (Å²) in [4.78, 5) is 13.8. The monoisotopic (exact) mass is 364 g/mol. The van der Waals surface area contributed by atoms with Crippen LogP contribution < -0.4 is 4.72 Å². The molecule has 0 aliphatic carbocycles. The highest BCUT2D eigenvalue weighted by molar-refractivity contribution is 9.10. The number of carboxylic acid groups (broad SMARTS) is 1. The number of aromatic amines is 1. The first kappa shape index (κ1) is 14.1. The largest absolute Gasteiger partial charge is 0.478 e. The van der Waals surface area contributed by atoms with Crippen LogP contribution in [0.5, 0.6) is 0 Å². The van der Waals surface area contributed by atoms with Gasteiger partial charge in [0.15, 0.2) is 4.21 Å². The molecule has 2 rings (SSSR count). The van der Waals surface area contributed by atoms with Gasteiger partial charge in [0.25, 0.3) is 10.0 Å². The van der Waals surface area contributed by atoms with Gasteiger partial charge in [-0.25, -0.2) is 13.2 Å². The number of aromatic nitrogens is 1. The summed E-state index contributed by atoms with van der Waals surface area (Å²) in [5, 5.41) is 10.7. The Morgan fingerprint density at radius 3 is 2.74 bits per heavy atom. The molecule has 2 heterocycles. The van der Waals surface area contributed by atoms with E-state index in [1.807, 2.05) is 0 Å². The highest BCUT2D eigenvalue weighted by Crippen LogP contribution is 2.30. The first-order valence-corrected chi connectivity index (χ1v) is 8.15. The predicted molar refractivity (Wildman–Crippen MR) is 75.3 cm³/mol. The number of hydrogen-bond donors (Lipinski definition) is 3. The topological polar surface area (TPSA) is 99.3 Å². The second-order valence-corrected chi connectivity index (χ2v) is 7.32. The molecule has 19 heavy (non-hydrogen) atoms. The van der Waals surface area contributed by atoms with Crippen molar-refractivity contribution in [3.63, 3.8) is 0 Å². The van der Waals surface area contributed by atoms with Gasteiger partial charge >= 0.3 is 5.97 Å². The van der Waals surface area contributed by atoms with Crippen LogP contribution >= 0.6 is 27.3 Å². The number of nitrogens with one attached hydrogen (secondary N) is 2. The van der Waals surface area contributed by atoms with E-state index in [-0.39, 0.29) is 15.5 Å². The Morgan fingerprint density at radius 1 is 1.53 bits per heavy atom. The summed E-state index contributed by atoms with van der Waals surface area (Å²) in [7, 11) is -3.81. The molecule has 0 saturated carbocycles. The first-order valence-electron chi connectivity index (χ1n) is 5.00. The normalized spacial score (nSPS) is 11.5. The number of rotatable bonds is 4. The van der Waals surface area contributed by atoms with E-state index in [9.17, 15) is 13.2 Å². The van der Waals surface area contributed by atoms with Crippen LogP contribution in [0.25, 0.3) is 0 Å². The van der Waals surface area contributed by atoms with E-state index in [4.69, 9.17) is 5.11 Å². The Kier molecular flexibility index (Phi) is 3.70. The third kappa shape index (κ3) is 2.67. The summed E-state index contributed by atoms with van der Waals surface area (Å²) in [5.74, 6) is -1.19. The molecular weight excluding hydrogens is 356 g/mol. The number of hydrogen-bond acceptors (Lipinski definition) is 4. The number of thiophene rings is 1. The van der Waals surface area contributed by atoms with Gasteiger partial charge in [-0.2, -0.15) is 0 Å². The van der Waals surface area contributed by atoms with Crippen molar-refractivity contribution in [2.75, 3.05) is 4.72 Å². The molecule has 0 spiro atoms. The maximum atomic E-state index is 12.1. The lowest BCUT2D eigenvalue weighted by atomic mass is 10.2. The molecule has 9 heteroatoms. The lowest BCUT2D eigenvalue weighted by Crippen LogP contribution is -2.14. The molecule has 0 radical (unpaired) electrons. The smallest absolute Gasteiger partial charge is 0.339 e. The molecule has 0 atom stereocenters. The molecular formula is C10H9BrN2O4S2. The number of halogens is 1. The molecule has 0 aliphatic heterocycles. The van der Waals surface area contributed by atoms with Crippen LogP contribution in [-0.2, 0) is 10.0 Å². The van der Waals surface area contributed by atoms with E-state index in [2.05, 4.69) is 25.6 Å². The second kappa shape index (κ2) is 4.99. The molecule has 2 aromatic heterocycles. The van der Waals surface area contributed by atoms with E-state index in [0.29, 0.717) is 10.2 Å². The lowest BCUT2D eigenvalue weighted by Gasteiger charge is -2.06. The summed E-state index contributed by atoms with van der Waals surface area (Å²) in [5.41, 5.74) is 0.317. The zero-order valence-electron chi connectivity index (χ0n) is 9.60. The van der Waals surface area contributed by atoms with Crippen molar-refractivity contribution in [1.29, 1.82) is 0 Å². The molecule has 0 fully saturated rings. The summed E-state index contributed by atoms with van der Waals surface area (Å²) < 4.78 is 27.1. The Labute approximate surface area is 121 Å². The van der Waals surface area contributed by atoms with Crippen LogP contribution in [0, 0.1) is 6.92 Å². The van der Waals surface area contributed by atoms with Gasteiger partial charge in [0.05, 0.1) is 5.69 Å². The summed E-state index contributed by atoms with van der Waals surface area (Å²) in [6.07, 6.45) is 1.32. The number of carboxylic acids is 1. The van der Waals surface area contributed by atoms with Crippen LogP contribution in [0.15, 0.2) is 26.3 Å². The van der Waals surface area contributed by atoms with Gasteiger partial charge < -0.3 is 10.1 Å². The second-order valence-electron chi connectivity index (χ2n) is 3.67. The molecule has 102 valence electrons. The van der Waals surface area contributed by atoms with E-state index in [1.54, 1.807) is 18.4 Å². The molecule has 0 unspecified atom stereocenters. The fourth-order valence-corrected chi connectivity index (χ4v) is 4.95. The zero-order chi connectivity index (χ0) is 14.2. The van der Waals surface area contributed by atoms with Crippen molar-refractivity contribution in [2.45, 2.75) is 11.1 Å². The van der Waals surface area contributed by atoms with Crippen molar-refractivity contribution < 1.29 is 18.3 Å². The minimum Gasteiger partial charge on any atom is -0.478 e. The zero-order valence-corrected chi connectivity index (χ0v) is 12.8.